The van der Waals surface area contributed by atoms with Gasteiger partial charge in [-0.05, 0) is 77.9 Å². The second-order valence-electron chi connectivity index (χ2n) is 9.57. The average molecular weight is 549 g/mol. The van der Waals surface area contributed by atoms with Crippen molar-refractivity contribution in [3.05, 3.63) is 88.5 Å². The summed E-state index contributed by atoms with van der Waals surface area (Å²) in [4.78, 5) is 39.9. The Morgan fingerprint density at radius 3 is 2.62 bits per heavy atom. The first-order valence-corrected chi connectivity index (χ1v) is 13.8. The van der Waals surface area contributed by atoms with Crippen molar-refractivity contribution in [3.63, 3.8) is 0 Å². The smallest absolute Gasteiger partial charge is 0.249 e. The Morgan fingerprint density at radius 2 is 1.90 bits per heavy atom. The molecule has 0 saturated heterocycles. The quantitative estimate of drug-likeness (QED) is 0.355. The number of benzene rings is 3. The molecule has 10 heteroatoms. The SMILES string of the molecule is CCc1cc2ccc1CCCC(=O)Nc1ccc(S(=O)O)c(c1)CN(C)C(=O)C2Nc1cccc(C(N)=O)c1. The van der Waals surface area contributed by atoms with E-state index in [9.17, 15) is 23.1 Å². The number of primary amides is 1. The van der Waals surface area contributed by atoms with Crippen LogP contribution in [0.4, 0.5) is 11.4 Å². The number of hydrogen-bond acceptors (Lipinski definition) is 5. The standard InChI is InChI=1S/C29H32N4O5S/c1-3-18-14-20-11-10-19(18)6-5-9-26(34)31-24-12-13-25(39(37)38)22(16-24)17-33(2)29(36)27(20)32-23-8-4-7-21(15-23)28(30)35/h4,7-8,10-16,27,32H,3,5-6,9,17H2,1-2H3,(H2,30,35)(H,31,34)(H,37,38). The summed E-state index contributed by atoms with van der Waals surface area (Å²) in [6, 6.07) is 16.4. The van der Waals surface area contributed by atoms with E-state index in [1.165, 1.54) is 11.0 Å². The summed E-state index contributed by atoms with van der Waals surface area (Å²) in [5.74, 6) is -1.01. The lowest BCUT2D eigenvalue weighted by Gasteiger charge is -2.27. The van der Waals surface area contributed by atoms with Gasteiger partial charge in [0.25, 0.3) is 0 Å². The molecule has 5 rings (SSSR count). The Kier molecular flexibility index (Phi) is 8.78. The molecule has 204 valence electrons. The van der Waals surface area contributed by atoms with Gasteiger partial charge in [-0.3, -0.25) is 14.4 Å². The zero-order valence-corrected chi connectivity index (χ0v) is 22.7. The first-order valence-electron chi connectivity index (χ1n) is 12.7. The molecule has 0 saturated carbocycles. The van der Waals surface area contributed by atoms with Crippen LogP contribution in [0.15, 0.2) is 65.6 Å². The average Bonchev–Trinajstić information content (AvgIpc) is 2.91. The van der Waals surface area contributed by atoms with E-state index in [4.69, 9.17) is 5.73 Å². The lowest BCUT2D eigenvalue weighted by molar-refractivity contribution is -0.131. The molecule has 0 fully saturated rings. The van der Waals surface area contributed by atoms with Gasteiger partial charge in [-0.1, -0.05) is 31.2 Å². The maximum absolute atomic E-state index is 13.9. The Hall–Kier alpha value is -4.02. The van der Waals surface area contributed by atoms with E-state index in [1.807, 2.05) is 25.1 Å². The molecule has 0 spiro atoms. The number of fused-ring (bicyclic) bond motifs is 9. The number of nitrogens with one attached hydrogen (secondary N) is 2. The topological polar surface area (TPSA) is 142 Å². The lowest BCUT2D eigenvalue weighted by Crippen LogP contribution is -2.35. The van der Waals surface area contributed by atoms with Gasteiger partial charge in [0.05, 0.1) is 4.90 Å². The summed E-state index contributed by atoms with van der Waals surface area (Å²) < 4.78 is 21.9. The van der Waals surface area contributed by atoms with Crippen LogP contribution in [0.1, 0.15) is 58.4 Å². The molecule has 2 heterocycles. The number of carbonyl (C=O) groups is 3. The van der Waals surface area contributed by atoms with E-state index in [0.717, 1.165) is 23.1 Å². The van der Waals surface area contributed by atoms with Gasteiger partial charge in [-0.2, -0.15) is 0 Å². The van der Waals surface area contributed by atoms with Crippen molar-refractivity contribution in [1.82, 2.24) is 4.90 Å². The van der Waals surface area contributed by atoms with Crippen LogP contribution >= 0.6 is 0 Å². The number of carbonyl (C=O) groups excluding carboxylic acids is 3. The van der Waals surface area contributed by atoms with Gasteiger partial charge in [0.2, 0.25) is 17.7 Å². The van der Waals surface area contributed by atoms with Gasteiger partial charge < -0.3 is 25.8 Å². The summed E-state index contributed by atoms with van der Waals surface area (Å²) in [5, 5.41) is 6.13. The van der Waals surface area contributed by atoms with Crippen LogP contribution in [0.3, 0.4) is 0 Å². The summed E-state index contributed by atoms with van der Waals surface area (Å²) in [7, 11) is 1.62. The molecule has 0 aromatic heterocycles. The highest BCUT2D eigenvalue weighted by molar-refractivity contribution is 7.79. The van der Waals surface area contributed by atoms with E-state index < -0.39 is 23.0 Å². The summed E-state index contributed by atoms with van der Waals surface area (Å²) >= 11 is -2.29. The number of rotatable bonds is 5. The number of amides is 3. The Labute approximate surface area is 230 Å². The van der Waals surface area contributed by atoms with Crippen LogP contribution in [0, 0.1) is 0 Å². The van der Waals surface area contributed by atoms with Crippen molar-refractivity contribution < 1.29 is 23.1 Å². The summed E-state index contributed by atoms with van der Waals surface area (Å²) in [6.07, 6.45) is 2.43. The molecule has 2 aliphatic heterocycles. The lowest BCUT2D eigenvalue weighted by atomic mass is 9.94. The molecule has 5 N–H and O–H groups in total. The predicted molar refractivity (Wildman–Crippen MR) is 151 cm³/mol. The molecule has 4 bridgehead atoms. The molecule has 0 radical (unpaired) electrons. The van der Waals surface area contributed by atoms with Crippen molar-refractivity contribution in [2.24, 2.45) is 5.73 Å². The minimum Gasteiger partial charge on any atom is -0.370 e. The third kappa shape index (κ3) is 6.71. The largest absolute Gasteiger partial charge is 0.370 e. The monoisotopic (exact) mass is 548 g/mol. The van der Waals surface area contributed by atoms with Crippen LogP contribution in [-0.2, 0) is 40.1 Å². The molecule has 2 atom stereocenters. The molecular weight excluding hydrogens is 516 g/mol. The number of nitrogens with zero attached hydrogens (tertiary/aromatic N) is 1. The normalized spacial score (nSPS) is 17.0. The zero-order chi connectivity index (χ0) is 28.1. The maximum Gasteiger partial charge on any atom is 0.249 e. The third-order valence-corrected chi connectivity index (χ3v) is 7.59. The van der Waals surface area contributed by atoms with Gasteiger partial charge in [-0.25, -0.2) is 4.21 Å². The Balaban J connectivity index is 1.79. The minimum absolute atomic E-state index is 0.0302. The van der Waals surface area contributed by atoms with Crippen LogP contribution in [-0.4, -0.2) is 38.4 Å². The van der Waals surface area contributed by atoms with Crippen LogP contribution in [0.5, 0.6) is 0 Å². The molecule has 39 heavy (non-hydrogen) atoms. The molecule has 9 nitrogen and oxygen atoms in total. The highest BCUT2D eigenvalue weighted by atomic mass is 32.2. The number of nitrogens with two attached hydrogens (primary N) is 1. The number of likely N-dealkylation sites (N-methyl/N-ethyl adjacent to an activating group) is 1. The van der Waals surface area contributed by atoms with Crippen LogP contribution in [0.2, 0.25) is 0 Å². The van der Waals surface area contributed by atoms with Gasteiger partial charge in [0.15, 0.2) is 11.1 Å². The third-order valence-electron chi connectivity index (χ3n) is 6.82. The second-order valence-corrected chi connectivity index (χ2v) is 10.5. The van der Waals surface area contributed by atoms with Crippen molar-refractivity contribution in [2.45, 2.75) is 50.1 Å². The highest BCUT2D eigenvalue weighted by Gasteiger charge is 2.26. The molecule has 3 amide bonds. The fraction of sp³-hybridized carbons (Fsp3) is 0.276. The van der Waals surface area contributed by atoms with E-state index >= 15 is 0 Å². The van der Waals surface area contributed by atoms with Crippen molar-refractivity contribution in [1.29, 1.82) is 0 Å². The molecule has 3 aromatic rings. The van der Waals surface area contributed by atoms with Gasteiger partial charge >= 0.3 is 0 Å². The number of aryl methyl sites for hydroxylation is 2. The number of hydrogen-bond donors (Lipinski definition) is 4. The Bertz CT molecular complexity index is 1440. The second kappa shape index (κ2) is 12.2. The minimum atomic E-state index is -2.29. The predicted octanol–water partition coefficient (Wildman–Crippen LogP) is 4.02. The van der Waals surface area contributed by atoms with Crippen molar-refractivity contribution >= 4 is 40.2 Å². The molecule has 2 unspecified atom stereocenters. The fourth-order valence-corrected chi connectivity index (χ4v) is 5.32. The van der Waals surface area contributed by atoms with Gasteiger partial charge in [0, 0.05) is 37.0 Å². The summed E-state index contributed by atoms with van der Waals surface area (Å²) in [6.45, 7) is 2.08. The summed E-state index contributed by atoms with van der Waals surface area (Å²) in [5.41, 5.74) is 10.2. The molecule has 2 aliphatic rings. The van der Waals surface area contributed by atoms with Crippen molar-refractivity contribution in [3.8, 4) is 0 Å². The zero-order valence-electron chi connectivity index (χ0n) is 21.9. The van der Waals surface area contributed by atoms with E-state index in [2.05, 4.69) is 10.6 Å². The van der Waals surface area contributed by atoms with Gasteiger partial charge in [0.1, 0.15) is 6.04 Å². The van der Waals surface area contributed by atoms with Crippen molar-refractivity contribution in [2.75, 3.05) is 17.7 Å². The molecular formula is C29H32N4O5S. The first kappa shape index (κ1) is 28.0. The highest BCUT2D eigenvalue weighted by Crippen LogP contribution is 2.28. The van der Waals surface area contributed by atoms with E-state index in [1.54, 1.807) is 43.4 Å². The maximum atomic E-state index is 13.9. The Morgan fingerprint density at radius 1 is 1.10 bits per heavy atom. The first-order chi connectivity index (χ1) is 18.7. The van der Waals surface area contributed by atoms with E-state index in [-0.39, 0.29) is 23.3 Å². The number of anilines is 2. The molecule has 0 aliphatic carbocycles. The molecule has 3 aromatic carbocycles. The fourth-order valence-electron chi connectivity index (χ4n) is 4.78. The van der Waals surface area contributed by atoms with Crippen LogP contribution in [0.25, 0.3) is 0 Å². The van der Waals surface area contributed by atoms with Gasteiger partial charge in [-0.15, -0.1) is 0 Å². The van der Waals surface area contributed by atoms with Crippen LogP contribution < -0.4 is 16.4 Å². The van der Waals surface area contributed by atoms with E-state index in [0.29, 0.717) is 41.8 Å².